The lowest BCUT2D eigenvalue weighted by molar-refractivity contribution is -0.122. The van der Waals surface area contributed by atoms with Gasteiger partial charge in [0.2, 0.25) is 5.91 Å². The van der Waals surface area contributed by atoms with Crippen LogP contribution in [0.25, 0.3) is 0 Å². The molecule has 4 nitrogen and oxygen atoms in total. The Morgan fingerprint density at radius 2 is 2.30 bits per heavy atom. The van der Waals surface area contributed by atoms with E-state index in [4.69, 9.17) is 16.7 Å². The quantitative estimate of drug-likeness (QED) is 0.679. The van der Waals surface area contributed by atoms with Crippen molar-refractivity contribution in [3.8, 4) is 0 Å². The van der Waals surface area contributed by atoms with Crippen LogP contribution in [0, 0.1) is 0 Å². The van der Waals surface area contributed by atoms with Crippen LogP contribution < -0.4 is 5.32 Å². The van der Waals surface area contributed by atoms with Crippen LogP contribution in [0.15, 0.2) is 36.9 Å². The summed E-state index contributed by atoms with van der Waals surface area (Å²) < 4.78 is 0. The summed E-state index contributed by atoms with van der Waals surface area (Å²) in [6.45, 7) is 5.55. The number of carbonyl (C=O) groups is 1. The van der Waals surface area contributed by atoms with Gasteiger partial charge in [-0.1, -0.05) is 29.8 Å². The molecule has 0 atom stereocenters. The van der Waals surface area contributed by atoms with Gasteiger partial charge in [0, 0.05) is 24.7 Å². The molecule has 0 spiro atoms. The molecular formula is C15H21ClN2O2. The van der Waals surface area contributed by atoms with Crippen LogP contribution >= 0.6 is 11.6 Å². The Kier molecular flexibility index (Phi) is 7.95. The maximum absolute atomic E-state index is 11.8. The van der Waals surface area contributed by atoms with Gasteiger partial charge in [0.1, 0.15) is 0 Å². The van der Waals surface area contributed by atoms with Crippen molar-refractivity contribution in [2.45, 2.75) is 6.42 Å². The van der Waals surface area contributed by atoms with E-state index in [0.717, 1.165) is 12.0 Å². The topological polar surface area (TPSA) is 52.6 Å². The van der Waals surface area contributed by atoms with Gasteiger partial charge in [0.05, 0.1) is 13.2 Å². The number of halogens is 1. The molecule has 0 saturated heterocycles. The molecule has 1 rings (SSSR count). The molecule has 0 aliphatic rings. The summed E-state index contributed by atoms with van der Waals surface area (Å²) in [5.41, 5.74) is 1.09. The van der Waals surface area contributed by atoms with Crippen molar-refractivity contribution in [2.24, 2.45) is 0 Å². The fraction of sp³-hybridized carbons (Fsp3) is 0.400. The average molecular weight is 297 g/mol. The third-order valence-corrected chi connectivity index (χ3v) is 3.03. The molecular weight excluding hydrogens is 276 g/mol. The molecule has 0 aliphatic carbocycles. The summed E-state index contributed by atoms with van der Waals surface area (Å²) in [6, 6.07) is 7.59. The van der Waals surface area contributed by atoms with Gasteiger partial charge in [-0.05, 0) is 24.1 Å². The second-order valence-electron chi connectivity index (χ2n) is 4.48. The molecule has 0 aliphatic heterocycles. The molecule has 0 unspecified atom stereocenters. The third-order valence-electron chi connectivity index (χ3n) is 2.80. The maximum Gasteiger partial charge on any atom is 0.234 e. The monoisotopic (exact) mass is 296 g/mol. The van der Waals surface area contributed by atoms with Crippen molar-refractivity contribution >= 4 is 17.5 Å². The molecule has 1 amide bonds. The van der Waals surface area contributed by atoms with Crippen LogP contribution in [0.1, 0.15) is 5.56 Å². The van der Waals surface area contributed by atoms with Gasteiger partial charge in [0.15, 0.2) is 0 Å². The molecule has 5 heteroatoms. The number of aliphatic hydroxyl groups is 1. The first-order chi connectivity index (χ1) is 9.65. The summed E-state index contributed by atoms with van der Waals surface area (Å²) in [5.74, 6) is -0.0534. The fourth-order valence-corrected chi connectivity index (χ4v) is 2.07. The first-order valence-corrected chi connectivity index (χ1v) is 6.98. The molecule has 1 aromatic carbocycles. The maximum atomic E-state index is 11.8. The second kappa shape index (κ2) is 9.53. The minimum atomic E-state index is -0.0534. The Balaban J connectivity index is 2.30. The first-order valence-electron chi connectivity index (χ1n) is 6.61. The fourth-order valence-electron chi connectivity index (χ4n) is 1.86. The van der Waals surface area contributed by atoms with Crippen LogP contribution in [0.3, 0.4) is 0 Å². The van der Waals surface area contributed by atoms with Gasteiger partial charge in [-0.15, -0.1) is 6.58 Å². The summed E-state index contributed by atoms with van der Waals surface area (Å²) in [7, 11) is 0. The Morgan fingerprint density at radius 3 is 2.95 bits per heavy atom. The highest BCUT2D eigenvalue weighted by Gasteiger charge is 2.08. The van der Waals surface area contributed by atoms with Gasteiger partial charge in [-0.3, -0.25) is 9.69 Å². The number of carbonyl (C=O) groups excluding carboxylic acids is 1. The summed E-state index contributed by atoms with van der Waals surface area (Å²) >= 11 is 5.90. The van der Waals surface area contributed by atoms with E-state index in [1.54, 1.807) is 6.08 Å². The zero-order chi connectivity index (χ0) is 14.8. The van der Waals surface area contributed by atoms with Gasteiger partial charge in [-0.25, -0.2) is 0 Å². The van der Waals surface area contributed by atoms with E-state index in [1.165, 1.54) is 0 Å². The predicted octanol–water partition coefficient (Wildman–Crippen LogP) is 1.48. The Labute approximate surface area is 125 Å². The van der Waals surface area contributed by atoms with Crippen molar-refractivity contribution in [1.82, 2.24) is 10.2 Å². The van der Waals surface area contributed by atoms with Crippen LogP contribution in [0.4, 0.5) is 0 Å². The molecule has 0 saturated carbocycles. The molecule has 0 radical (unpaired) electrons. The highest BCUT2D eigenvalue weighted by molar-refractivity contribution is 6.30. The van der Waals surface area contributed by atoms with Gasteiger partial charge >= 0.3 is 0 Å². The van der Waals surface area contributed by atoms with E-state index >= 15 is 0 Å². The zero-order valence-electron chi connectivity index (χ0n) is 11.5. The number of nitrogens with zero attached hydrogens (tertiary/aromatic N) is 1. The molecule has 20 heavy (non-hydrogen) atoms. The largest absolute Gasteiger partial charge is 0.395 e. The molecule has 1 aromatic rings. The SMILES string of the molecule is C=CCN(CCO)CC(=O)NCCc1cccc(Cl)c1. The van der Waals surface area contributed by atoms with Crippen LogP contribution in [0.2, 0.25) is 5.02 Å². The Morgan fingerprint density at radius 1 is 1.50 bits per heavy atom. The smallest absolute Gasteiger partial charge is 0.234 e. The highest BCUT2D eigenvalue weighted by Crippen LogP contribution is 2.10. The lowest BCUT2D eigenvalue weighted by atomic mass is 10.1. The van der Waals surface area contributed by atoms with Crippen molar-refractivity contribution in [1.29, 1.82) is 0 Å². The second-order valence-corrected chi connectivity index (χ2v) is 4.91. The molecule has 0 bridgehead atoms. The summed E-state index contributed by atoms with van der Waals surface area (Å²) in [6.07, 6.45) is 2.46. The lowest BCUT2D eigenvalue weighted by Gasteiger charge is -2.18. The molecule has 0 heterocycles. The normalized spacial score (nSPS) is 10.6. The van der Waals surface area contributed by atoms with E-state index < -0.39 is 0 Å². The number of rotatable bonds is 9. The van der Waals surface area contributed by atoms with Crippen LogP contribution in [-0.4, -0.2) is 48.7 Å². The lowest BCUT2D eigenvalue weighted by Crippen LogP contribution is -2.39. The van der Waals surface area contributed by atoms with E-state index in [-0.39, 0.29) is 19.1 Å². The van der Waals surface area contributed by atoms with Crippen molar-refractivity contribution in [3.63, 3.8) is 0 Å². The number of aliphatic hydroxyl groups excluding tert-OH is 1. The van der Waals surface area contributed by atoms with E-state index in [0.29, 0.717) is 24.7 Å². The summed E-state index contributed by atoms with van der Waals surface area (Å²) in [5, 5.41) is 12.5. The summed E-state index contributed by atoms with van der Waals surface area (Å²) in [4.78, 5) is 13.6. The average Bonchev–Trinajstić information content (AvgIpc) is 2.39. The van der Waals surface area contributed by atoms with Crippen molar-refractivity contribution < 1.29 is 9.90 Å². The van der Waals surface area contributed by atoms with Crippen molar-refractivity contribution in [2.75, 3.05) is 32.8 Å². The number of benzene rings is 1. The molecule has 0 aromatic heterocycles. The van der Waals surface area contributed by atoms with E-state index in [2.05, 4.69) is 11.9 Å². The standard InChI is InChI=1S/C15H21ClN2O2/c1-2-8-18(9-10-19)12-15(20)17-7-6-13-4-3-5-14(16)11-13/h2-5,11,19H,1,6-10,12H2,(H,17,20). The van der Waals surface area contributed by atoms with Crippen LogP contribution in [-0.2, 0) is 11.2 Å². The van der Waals surface area contributed by atoms with Gasteiger partial charge < -0.3 is 10.4 Å². The first kappa shape index (κ1) is 16.7. The predicted molar refractivity (Wildman–Crippen MR) is 81.9 cm³/mol. The Bertz CT molecular complexity index is 438. The molecule has 2 N–H and O–H groups in total. The minimum Gasteiger partial charge on any atom is -0.395 e. The van der Waals surface area contributed by atoms with E-state index in [9.17, 15) is 4.79 Å². The number of nitrogens with one attached hydrogen (secondary N) is 1. The minimum absolute atomic E-state index is 0.0314. The van der Waals surface area contributed by atoms with Gasteiger partial charge in [0.25, 0.3) is 0 Å². The molecule has 0 fully saturated rings. The molecule has 110 valence electrons. The number of hydrogen-bond donors (Lipinski definition) is 2. The third kappa shape index (κ3) is 6.70. The Hall–Kier alpha value is -1.36. The van der Waals surface area contributed by atoms with E-state index in [1.807, 2.05) is 29.2 Å². The van der Waals surface area contributed by atoms with Crippen molar-refractivity contribution in [3.05, 3.63) is 47.5 Å². The number of hydrogen-bond acceptors (Lipinski definition) is 3. The van der Waals surface area contributed by atoms with Crippen LogP contribution in [0.5, 0.6) is 0 Å². The zero-order valence-corrected chi connectivity index (χ0v) is 12.3. The van der Waals surface area contributed by atoms with Gasteiger partial charge in [-0.2, -0.15) is 0 Å². The highest BCUT2D eigenvalue weighted by atomic mass is 35.5. The number of amides is 1.